The number of para-hydroxylation sites is 1. The lowest BCUT2D eigenvalue weighted by Crippen LogP contribution is -2.31. The minimum Gasteiger partial charge on any atom is -0.508 e. The average Bonchev–Trinajstić information content (AvgIpc) is 2.75. The summed E-state index contributed by atoms with van der Waals surface area (Å²) in [5.74, 6) is -1.00. The summed E-state index contributed by atoms with van der Waals surface area (Å²) >= 11 is 0. The maximum absolute atomic E-state index is 13.0. The number of hydrogen-bond acceptors (Lipinski definition) is 5. The van der Waals surface area contributed by atoms with E-state index >= 15 is 0 Å². The van der Waals surface area contributed by atoms with Crippen LogP contribution in [0.3, 0.4) is 0 Å². The smallest absolute Gasteiger partial charge is 0.280 e. The highest BCUT2D eigenvalue weighted by Crippen LogP contribution is 2.26. The number of benzene rings is 2. The molecule has 0 saturated carbocycles. The Hall–Kier alpha value is -3.61. The Morgan fingerprint density at radius 3 is 2.53 bits per heavy atom. The van der Waals surface area contributed by atoms with E-state index in [1.165, 1.54) is 18.3 Å². The van der Waals surface area contributed by atoms with Gasteiger partial charge in [-0.15, -0.1) is 0 Å². The fourth-order valence-corrected chi connectivity index (χ4v) is 3.29. The number of carbonyl (C=O) groups excluding carboxylic acids is 1. The van der Waals surface area contributed by atoms with Crippen LogP contribution in [0.15, 0.2) is 58.4 Å². The molecule has 0 aliphatic carbocycles. The van der Waals surface area contributed by atoms with Crippen LogP contribution in [0.1, 0.15) is 48.5 Å². The molecule has 0 radical (unpaired) electrons. The lowest BCUT2D eigenvalue weighted by atomic mass is 10.1. The Morgan fingerprint density at radius 2 is 1.80 bits per heavy atom. The largest absolute Gasteiger partial charge is 0.508 e. The predicted octanol–water partition coefficient (Wildman–Crippen LogP) is 3.76. The number of phenolic OH excluding ortho intramolecular Hbond substituents is 1. The first-order valence-corrected chi connectivity index (χ1v) is 10.00. The van der Waals surface area contributed by atoms with Crippen LogP contribution >= 0.6 is 0 Å². The van der Waals surface area contributed by atoms with E-state index < -0.39 is 11.5 Å². The van der Waals surface area contributed by atoms with E-state index in [9.17, 15) is 19.8 Å². The quantitative estimate of drug-likeness (QED) is 0.300. The highest BCUT2D eigenvalue weighted by Gasteiger charge is 2.21. The van der Waals surface area contributed by atoms with Gasteiger partial charge in [-0.2, -0.15) is 5.10 Å². The van der Waals surface area contributed by atoms with Gasteiger partial charge in [-0.1, -0.05) is 38.3 Å². The summed E-state index contributed by atoms with van der Waals surface area (Å²) in [5.41, 5.74) is 2.69. The zero-order valence-corrected chi connectivity index (χ0v) is 16.8. The predicted molar refractivity (Wildman–Crippen MR) is 117 cm³/mol. The van der Waals surface area contributed by atoms with Gasteiger partial charge in [0.1, 0.15) is 17.1 Å². The maximum Gasteiger partial charge on any atom is 0.280 e. The second-order valence-corrected chi connectivity index (χ2v) is 7.05. The molecule has 0 saturated heterocycles. The van der Waals surface area contributed by atoms with E-state index in [0.717, 1.165) is 25.7 Å². The van der Waals surface area contributed by atoms with Gasteiger partial charge in [-0.3, -0.25) is 9.59 Å². The summed E-state index contributed by atoms with van der Waals surface area (Å²) in [6.45, 7) is 2.58. The van der Waals surface area contributed by atoms with E-state index in [0.29, 0.717) is 23.0 Å². The Labute approximate surface area is 174 Å². The Kier molecular flexibility index (Phi) is 6.85. The monoisotopic (exact) mass is 407 g/mol. The van der Waals surface area contributed by atoms with Gasteiger partial charge >= 0.3 is 0 Å². The number of hydrazone groups is 1. The first-order valence-electron chi connectivity index (χ1n) is 10.00. The van der Waals surface area contributed by atoms with Gasteiger partial charge < -0.3 is 14.8 Å². The number of carbonyl (C=O) groups is 1. The summed E-state index contributed by atoms with van der Waals surface area (Å²) < 4.78 is 1.54. The minimum absolute atomic E-state index is 0.122. The molecule has 0 aliphatic rings. The van der Waals surface area contributed by atoms with Crippen molar-refractivity contribution in [2.45, 2.75) is 39.2 Å². The second-order valence-electron chi connectivity index (χ2n) is 7.05. The normalized spacial score (nSPS) is 11.2. The molecule has 1 amide bonds. The van der Waals surface area contributed by atoms with Gasteiger partial charge in [0.05, 0.1) is 11.7 Å². The molecule has 0 aliphatic heterocycles. The maximum atomic E-state index is 13.0. The number of aromatic nitrogens is 1. The summed E-state index contributed by atoms with van der Waals surface area (Å²) in [7, 11) is 0. The van der Waals surface area contributed by atoms with Crippen molar-refractivity contribution in [2.75, 3.05) is 0 Å². The van der Waals surface area contributed by atoms with Crippen molar-refractivity contribution in [2.24, 2.45) is 5.10 Å². The molecular formula is C23H25N3O4. The zero-order chi connectivity index (χ0) is 21.5. The minimum atomic E-state index is -0.777. The van der Waals surface area contributed by atoms with Crippen LogP contribution in [0.2, 0.25) is 0 Å². The van der Waals surface area contributed by atoms with Crippen molar-refractivity contribution in [3.05, 3.63) is 70.0 Å². The van der Waals surface area contributed by atoms with E-state index in [2.05, 4.69) is 17.5 Å². The Balaban J connectivity index is 1.91. The highest BCUT2D eigenvalue weighted by molar-refractivity contribution is 6.02. The molecule has 156 valence electrons. The first kappa shape index (κ1) is 21.1. The lowest BCUT2D eigenvalue weighted by Gasteiger charge is -2.14. The number of hydrogen-bond donors (Lipinski definition) is 3. The van der Waals surface area contributed by atoms with Gasteiger partial charge in [0.15, 0.2) is 0 Å². The van der Waals surface area contributed by atoms with E-state index in [4.69, 9.17) is 0 Å². The average molecular weight is 407 g/mol. The Bertz CT molecular complexity index is 1120. The number of unbranched alkanes of at least 4 members (excludes halogenated alkanes) is 3. The number of nitrogens with one attached hydrogen (secondary N) is 1. The van der Waals surface area contributed by atoms with E-state index in [-0.39, 0.29) is 17.1 Å². The molecule has 3 rings (SSSR count). The SMILES string of the molecule is CCCCCCn1c(=O)c(C(=O)NN=Cc2ccc(O)cc2)c(O)c2ccccc21. The number of fused-ring (bicyclic) bond motifs is 1. The van der Waals surface area contributed by atoms with Gasteiger partial charge in [0.25, 0.3) is 11.5 Å². The van der Waals surface area contributed by atoms with Gasteiger partial charge in [-0.25, -0.2) is 5.43 Å². The van der Waals surface area contributed by atoms with Crippen LogP contribution in [0, 0.1) is 0 Å². The molecule has 0 bridgehead atoms. The topological polar surface area (TPSA) is 104 Å². The highest BCUT2D eigenvalue weighted by atomic mass is 16.3. The fraction of sp³-hybridized carbons (Fsp3) is 0.261. The third kappa shape index (κ3) is 4.68. The van der Waals surface area contributed by atoms with Crippen molar-refractivity contribution < 1.29 is 15.0 Å². The van der Waals surface area contributed by atoms with Crippen LogP contribution < -0.4 is 11.0 Å². The standard InChI is InChI=1S/C23H25N3O4/c1-2-3-4-7-14-26-19-9-6-5-8-18(19)21(28)20(23(26)30)22(29)25-24-15-16-10-12-17(27)13-11-16/h5-6,8-13,15,27-28H,2-4,7,14H2,1H3,(H,25,29). The van der Waals surface area contributed by atoms with Crippen LogP contribution in [-0.4, -0.2) is 26.9 Å². The lowest BCUT2D eigenvalue weighted by molar-refractivity contribution is 0.0950. The third-order valence-corrected chi connectivity index (χ3v) is 4.88. The van der Waals surface area contributed by atoms with Crippen molar-refractivity contribution in [1.29, 1.82) is 0 Å². The number of rotatable bonds is 8. The number of phenols is 1. The molecule has 0 atom stereocenters. The molecule has 0 fully saturated rings. The molecule has 3 N–H and O–H groups in total. The van der Waals surface area contributed by atoms with Crippen molar-refractivity contribution in [3.8, 4) is 11.5 Å². The first-order chi connectivity index (χ1) is 14.5. The molecule has 7 nitrogen and oxygen atoms in total. The number of pyridine rings is 1. The van der Waals surface area contributed by atoms with E-state index in [1.807, 2.05) is 0 Å². The van der Waals surface area contributed by atoms with Crippen LogP contribution in [0.4, 0.5) is 0 Å². The van der Waals surface area contributed by atoms with Crippen molar-refractivity contribution in [1.82, 2.24) is 9.99 Å². The molecule has 7 heteroatoms. The number of aryl methyl sites for hydroxylation is 1. The van der Waals surface area contributed by atoms with Crippen LogP contribution in [0.5, 0.6) is 11.5 Å². The van der Waals surface area contributed by atoms with Crippen LogP contribution in [-0.2, 0) is 6.54 Å². The summed E-state index contributed by atoms with van der Waals surface area (Å²) in [6, 6.07) is 13.2. The third-order valence-electron chi connectivity index (χ3n) is 4.88. The molecule has 0 unspecified atom stereocenters. The molecule has 30 heavy (non-hydrogen) atoms. The number of nitrogens with zero attached hydrogens (tertiary/aromatic N) is 2. The van der Waals surface area contributed by atoms with Gasteiger partial charge in [0.2, 0.25) is 0 Å². The number of amides is 1. The zero-order valence-electron chi connectivity index (χ0n) is 16.8. The molecule has 1 aromatic heterocycles. The molecule has 1 heterocycles. The number of aromatic hydroxyl groups is 2. The van der Waals surface area contributed by atoms with E-state index in [1.54, 1.807) is 41.0 Å². The molecule has 0 spiro atoms. The summed E-state index contributed by atoms with van der Waals surface area (Å²) in [5, 5.41) is 24.2. The second kappa shape index (κ2) is 9.73. The fourth-order valence-electron chi connectivity index (χ4n) is 3.29. The molecule has 3 aromatic rings. The van der Waals surface area contributed by atoms with Crippen molar-refractivity contribution >= 4 is 23.0 Å². The molecular weight excluding hydrogens is 382 g/mol. The van der Waals surface area contributed by atoms with Gasteiger partial charge in [-0.05, 0) is 48.4 Å². The van der Waals surface area contributed by atoms with Crippen LogP contribution in [0.25, 0.3) is 10.9 Å². The van der Waals surface area contributed by atoms with Crippen molar-refractivity contribution in [3.63, 3.8) is 0 Å². The summed E-state index contributed by atoms with van der Waals surface area (Å²) in [4.78, 5) is 25.7. The molecule has 2 aromatic carbocycles. The van der Waals surface area contributed by atoms with Gasteiger partial charge in [0, 0.05) is 11.9 Å². The Morgan fingerprint density at radius 1 is 1.07 bits per heavy atom. The summed E-state index contributed by atoms with van der Waals surface area (Å²) in [6.07, 6.45) is 5.33.